The van der Waals surface area contributed by atoms with Crippen molar-refractivity contribution in [3.63, 3.8) is 0 Å². The fourth-order valence-corrected chi connectivity index (χ4v) is 2.24. The van der Waals surface area contributed by atoms with Crippen LogP contribution in [0.5, 0.6) is 0 Å². The molecule has 1 aromatic rings. The summed E-state index contributed by atoms with van der Waals surface area (Å²) in [7, 11) is 0. The van der Waals surface area contributed by atoms with Crippen molar-refractivity contribution in [1.82, 2.24) is 10.7 Å². The molecule has 1 fully saturated rings. The van der Waals surface area contributed by atoms with Gasteiger partial charge in [-0.3, -0.25) is 5.43 Å². The fourth-order valence-electron chi connectivity index (χ4n) is 1.88. The van der Waals surface area contributed by atoms with Gasteiger partial charge in [-0.05, 0) is 57.5 Å². The van der Waals surface area contributed by atoms with Crippen molar-refractivity contribution < 1.29 is 4.42 Å². The van der Waals surface area contributed by atoms with Crippen LogP contribution in [-0.4, -0.2) is 16.9 Å². The SMILES string of the molecule is C[C@H]1C[C@@H]1c1ccc(/C=N\NC(=S)NC(C)(C)C)o1. The van der Waals surface area contributed by atoms with Crippen LogP contribution in [0.15, 0.2) is 21.7 Å². The maximum absolute atomic E-state index is 5.71. The van der Waals surface area contributed by atoms with E-state index >= 15 is 0 Å². The van der Waals surface area contributed by atoms with Crippen molar-refractivity contribution in [3.8, 4) is 0 Å². The van der Waals surface area contributed by atoms with Crippen LogP contribution in [0, 0.1) is 5.92 Å². The van der Waals surface area contributed by atoms with Crippen molar-refractivity contribution in [3.05, 3.63) is 23.7 Å². The molecule has 0 bridgehead atoms. The van der Waals surface area contributed by atoms with Gasteiger partial charge in [-0.25, -0.2) is 0 Å². The Morgan fingerprint density at radius 3 is 2.74 bits per heavy atom. The highest BCUT2D eigenvalue weighted by molar-refractivity contribution is 7.80. The van der Waals surface area contributed by atoms with E-state index in [1.54, 1.807) is 6.21 Å². The Bertz CT molecular complexity index is 487. The van der Waals surface area contributed by atoms with Crippen LogP contribution in [0.4, 0.5) is 0 Å². The van der Waals surface area contributed by atoms with E-state index in [-0.39, 0.29) is 5.54 Å². The number of hydrogen-bond acceptors (Lipinski definition) is 3. The first-order valence-electron chi connectivity index (χ1n) is 6.56. The third-order valence-corrected chi connectivity index (χ3v) is 3.16. The quantitative estimate of drug-likeness (QED) is 0.507. The van der Waals surface area contributed by atoms with E-state index < -0.39 is 0 Å². The van der Waals surface area contributed by atoms with E-state index in [0.29, 0.717) is 11.0 Å². The number of rotatable bonds is 3. The van der Waals surface area contributed by atoms with Crippen molar-refractivity contribution in [2.75, 3.05) is 0 Å². The third kappa shape index (κ3) is 4.35. The molecule has 0 aromatic carbocycles. The average molecular weight is 279 g/mol. The normalized spacial score (nSPS) is 22.5. The minimum Gasteiger partial charge on any atom is -0.460 e. The first kappa shape index (κ1) is 14.1. The van der Waals surface area contributed by atoms with Crippen molar-refractivity contribution in [2.45, 2.75) is 45.6 Å². The Balaban J connectivity index is 1.82. The number of nitrogens with one attached hydrogen (secondary N) is 2. The van der Waals surface area contributed by atoms with Gasteiger partial charge in [-0.1, -0.05) is 6.92 Å². The molecule has 104 valence electrons. The third-order valence-electron chi connectivity index (χ3n) is 2.97. The van der Waals surface area contributed by atoms with E-state index in [1.807, 2.05) is 32.9 Å². The second kappa shape index (κ2) is 5.33. The van der Waals surface area contributed by atoms with Crippen LogP contribution in [0.2, 0.25) is 0 Å². The molecule has 0 radical (unpaired) electrons. The lowest BCUT2D eigenvalue weighted by molar-refractivity contribution is 0.499. The van der Waals surface area contributed by atoms with Gasteiger partial charge in [0.2, 0.25) is 0 Å². The van der Waals surface area contributed by atoms with Gasteiger partial charge in [-0.15, -0.1) is 0 Å². The molecule has 2 N–H and O–H groups in total. The number of hydrazone groups is 1. The van der Waals surface area contributed by atoms with Gasteiger partial charge in [0.05, 0.1) is 6.21 Å². The van der Waals surface area contributed by atoms with Gasteiger partial charge in [0.1, 0.15) is 11.5 Å². The summed E-state index contributed by atoms with van der Waals surface area (Å²) < 4.78 is 5.71. The smallest absolute Gasteiger partial charge is 0.187 e. The fraction of sp³-hybridized carbons (Fsp3) is 0.571. The predicted molar refractivity (Wildman–Crippen MR) is 81.4 cm³/mol. The molecule has 1 aliphatic carbocycles. The zero-order chi connectivity index (χ0) is 14.0. The highest BCUT2D eigenvalue weighted by Gasteiger charge is 2.36. The first-order valence-corrected chi connectivity index (χ1v) is 6.97. The van der Waals surface area contributed by atoms with Gasteiger partial charge in [-0.2, -0.15) is 5.10 Å². The Kier molecular flexibility index (Phi) is 3.94. The molecule has 0 aliphatic heterocycles. The second-order valence-corrected chi connectivity index (χ2v) is 6.54. The number of nitrogens with zero attached hydrogens (tertiary/aromatic N) is 1. The number of furan rings is 1. The molecule has 0 amide bonds. The van der Waals surface area contributed by atoms with Gasteiger partial charge in [0, 0.05) is 11.5 Å². The van der Waals surface area contributed by atoms with Crippen molar-refractivity contribution in [2.24, 2.45) is 11.0 Å². The first-order chi connectivity index (χ1) is 8.85. The molecule has 1 aliphatic rings. The zero-order valence-electron chi connectivity index (χ0n) is 11.9. The lowest BCUT2D eigenvalue weighted by Crippen LogP contribution is -2.44. The molecule has 0 spiro atoms. The van der Waals surface area contributed by atoms with Crippen LogP contribution < -0.4 is 10.7 Å². The molecule has 19 heavy (non-hydrogen) atoms. The summed E-state index contributed by atoms with van der Waals surface area (Å²) in [5.74, 6) is 3.15. The molecule has 5 heteroatoms. The Morgan fingerprint density at radius 2 is 2.16 bits per heavy atom. The largest absolute Gasteiger partial charge is 0.460 e. The van der Waals surface area contributed by atoms with Gasteiger partial charge >= 0.3 is 0 Å². The molecular weight excluding hydrogens is 258 g/mol. The predicted octanol–water partition coefficient (Wildman–Crippen LogP) is 3.00. The summed E-state index contributed by atoms with van der Waals surface area (Å²) in [4.78, 5) is 0. The van der Waals surface area contributed by atoms with E-state index in [4.69, 9.17) is 16.6 Å². The molecule has 4 nitrogen and oxygen atoms in total. The standard InChI is InChI=1S/C14H21N3OS/c1-9-7-11(9)12-6-5-10(18-12)8-15-17-13(19)16-14(2,3)4/h5-6,8-9,11H,7H2,1-4H3,(H2,16,17,19)/b15-8-/t9-,11-/m0/s1. The van der Waals surface area contributed by atoms with Crippen LogP contribution >= 0.6 is 12.2 Å². The number of hydrogen-bond donors (Lipinski definition) is 2. The zero-order valence-corrected chi connectivity index (χ0v) is 12.7. The summed E-state index contributed by atoms with van der Waals surface area (Å²) in [5, 5.41) is 7.69. The maximum Gasteiger partial charge on any atom is 0.187 e. The molecule has 1 heterocycles. The van der Waals surface area contributed by atoms with E-state index in [0.717, 1.165) is 17.4 Å². The Morgan fingerprint density at radius 1 is 1.47 bits per heavy atom. The molecule has 2 atom stereocenters. The van der Waals surface area contributed by atoms with E-state index in [1.165, 1.54) is 6.42 Å². The van der Waals surface area contributed by atoms with Crippen LogP contribution in [-0.2, 0) is 0 Å². The summed E-state index contributed by atoms with van der Waals surface area (Å²) in [6.07, 6.45) is 2.87. The Hall–Kier alpha value is -1.36. The summed E-state index contributed by atoms with van der Waals surface area (Å²) in [6.45, 7) is 8.36. The topological polar surface area (TPSA) is 49.6 Å². The summed E-state index contributed by atoms with van der Waals surface area (Å²) in [5.41, 5.74) is 2.71. The lowest BCUT2D eigenvalue weighted by atomic mass is 10.1. The molecule has 1 saturated carbocycles. The maximum atomic E-state index is 5.71. The van der Waals surface area contributed by atoms with E-state index in [9.17, 15) is 0 Å². The summed E-state index contributed by atoms with van der Waals surface area (Å²) in [6, 6.07) is 3.97. The van der Waals surface area contributed by atoms with Gasteiger partial charge < -0.3 is 9.73 Å². The monoisotopic (exact) mass is 279 g/mol. The minimum atomic E-state index is -0.0699. The van der Waals surface area contributed by atoms with Crippen LogP contribution in [0.25, 0.3) is 0 Å². The molecular formula is C14H21N3OS. The summed E-state index contributed by atoms with van der Waals surface area (Å²) >= 11 is 5.12. The van der Waals surface area contributed by atoms with Crippen molar-refractivity contribution in [1.29, 1.82) is 0 Å². The van der Waals surface area contributed by atoms with Gasteiger partial charge in [0.25, 0.3) is 0 Å². The second-order valence-electron chi connectivity index (χ2n) is 6.13. The van der Waals surface area contributed by atoms with Crippen molar-refractivity contribution >= 4 is 23.5 Å². The van der Waals surface area contributed by atoms with Crippen LogP contribution in [0.3, 0.4) is 0 Å². The minimum absolute atomic E-state index is 0.0699. The van der Waals surface area contributed by atoms with Gasteiger partial charge in [0.15, 0.2) is 5.11 Å². The molecule has 0 saturated heterocycles. The number of thiocarbonyl (C=S) groups is 1. The Labute approximate surface area is 119 Å². The lowest BCUT2D eigenvalue weighted by Gasteiger charge is -2.21. The highest BCUT2D eigenvalue weighted by Crippen LogP contribution is 2.47. The highest BCUT2D eigenvalue weighted by atomic mass is 32.1. The van der Waals surface area contributed by atoms with Crippen LogP contribution in [0.1, 0.15) is 51.6 Å². The molecule has 0 unspecified atom stereocenters. The molecule has 2 rings (SSSR count). The average Bonchev–Trinajstić information content (AvgIpc) is 2.82. The van der Waals surface area contributed by atoms with E-state index in [2.05, 4.69) is 22.8 Å². The molecule has 1 aromatic heterocycles.